The zero-order valence-corrected chi connectivity index (χ0v) is 10.0. The van der Waals surface area contributed by atoms with Crippen molar-refractivity contribution >= 4 is 11.6 Å². The highest BCUT2D eigenvalue weighted by molar-refractivity contribution is 6.20. The van der Waals surface area contributed by atoms with Crippen molar-refractivity contribution in [3.05, 3.63) is 41.5 Å². The van der Waals surface area contributed by atoms with Gasteiger partial charge in [0.1, 0.15) is 5.69 Å². The van der Waals surface area contributed by atoms with Gasteiger partial charge in [-0.2, -0.15) is 0 Å². The number of halogens is 1. The molecule has 0 radical (unpaired) electrons. The van der Waals surface area contributed by atoms with Crippen molar-refractivity contribution < 1.29 is 0 Å². The molecule has 16 heavy (non-hydrogen) atoms. The van der Waals surface area contributed by atoms with Crippen LogP contribution in [0.5, 0.6) is 0 Å². The number of aromatic nitrogens is 4. The van der Waals surface area contributed by atoms with E-state index < -0.39 is 0 Å². The number of alkyl halides is 1. The Morgan fingerprint density at radius 2 is 2.25 bits per heavy atom. The third-order valence-corrected chi connectivity index (χ3v) is 2.46. The van der Waals surface area contributed by atoms with Crippen molar-refractivity contribution in [3.63, 3.8) is 0 Å². The number of rotatable bonds is 3. The Balaban J connectivity index is 2.14. The molecule has 0 N–H and O–H groups in total. The van der Waals surface area contributed by atoms with Gasteiger partial charge in [-0.1, -0.05) is 11.3 Å². The van der Waals surface area contributed by atoms with Crippen LogP contribution in [0.3, 0.4) is 0 Å². The molecular formula is C11H13ClN4. The minimum Gasteiger partial charge on any atom is -0.264 e. The van der Waals surface area contributed by atoms with Crippen LogP contribution in [0.1, 0.15) is 29.1 Å². The highest BCUT2D eigenvalue weighted by Gasteiger charge is 2.06. The van der Waals surface area contributed by atoms with Gasteiger partial charge < -0.3 is 0 Å². The largest absolute Gasteiger partial charge is 0.264 e. The predicted molar refractivity (Wildman–Crippen MR) is 62.4 cm³/mol. The molecule has 2 rings (SSSR count). The van der Waals surface area contributed by atoms with Gasteiger partial charge in [0.15, 0.2) is 0 Å². The van der Waals surface area contributed by atoms with Crippen LogP contribution in [0.2, 0.25) is 0 Å². The molecule has 0 saturated carbocycles. The maximum Gasteiger partial charge on any atom is 0.100 e. The fourth-order valence-corrected chi connectivity index (χ4v) is 1.56. The molecule has 0 fully saturated rings. The van der Waals surface area contributed by atoms with E-state index in [1.54, 1.807) is 4.68 Å². The molecular weight excluding hydrogens is 224 g/mol. The van der Waals surface area contributed by atoms with Crippen molar-refractivity contribution in [2.45, 2.75) is 25.8 Å². The Morgan fingerprint density at radius 3 is 2.88 bits per heavy atom. The van der Waals surface area contributed by atoms with Gasteiger partial charge in [-0.25, -0.2) is 4.68 Å². The molecule has 1 unspecified atom stereocenters. The van der Waals surface area contributed by atoms with Crippen molar-refractivity contribution in [3.8, 4) is 0 Å². The Labute approximate surface area is 99.3 Å². The van der Waals surface area contributed by atoms with Crippen molar-refractivity contribution in [2.75, 3.05) is 0 Å². The third kappa shape index (κ3) is 2.58. The second kappa shape index (κ2) is 4.61. The molecule has 0 aliphatic rings. The van der Waals surface area contributed by atoms with Gasteiger partial charge in [0, 0.05) is 12.4 Å². The van der Waals surface area contributed by atoms with Crippen LogP contribution in [0, 0.1) is 6.92 Å². The molecule has 0 amide bonds. The van der Waals surface area contributed by atoms with Crippen LogP contribution in [0.15, 0.2) is 24.7 Å². The van der Waals surface area contributed by atoms with E-state index in [4.69, 9.17) is 11.6 Å². The SMILES string of the molecule is Cc1cncc(Cn2cc(C(C)Cl)nn2)c1. The van der Waals surface area contributed by atoms with E-state index in [1.165, 1.54) is 0 Å². The maximum absolute atomic E-state index is 5.92. The van der Waals surface area contributed by atoms with Crippen LogP contribution in [0.4, 0.5) is 0 Å². The van der Waals surface area contributed by atoms with Gasteiger partial charge in [-0.3, -0.25) is 4.98 Å². The van der Waals surface area contributed by atoms with Gasteiger partial charge in [0.05, 0.1) is 18.1 Å². The number of hydrogen-bond donors (Lipinski definition) is 0. The molecule has 84 valence electrons. The van der Waals surface area contributed by atoms with Crippen molar-refractivity contribution in [2.24, 2.45) is 0 Å². The smallest absolute Gasteiger partial charge is 0.100 e. The summed E-state index contributed by atoms with van der Waals surface area (Å²) >= 11 is 5.92. The first-order valence-corrected chi connectivity index (χ1v) is 5.53. The average molecular weight is 237 g/mol. The molecule has 0 bridgehead atoms. The first-order chi connectivity index (χ1) is 7.65. The first kappa shape index (κ1) is 11.1. The van der Waals surface area contributed by atoms with E-state index in [1.807, 2.05) is 32.4 Å². The monoisotopic (exact) mass is 236 g/mol. The van der Waals surface area contributed by atoms with Crippen molar-refractivity contribution in [1.82, 2.24) is 20.0 Å². The lowest BCUT2D eigenvalue weighted by Crippen LogP contribution is -2.01. The second-order valence-corrected chi connectivity index (χ2v) is 4.48. The summed E-state index contributed by atoms with van der Waals surface area (Å²) in [6.45, 7) is 4.57. The standard InChI is InChI=1S/C11H13ClN4/c1-8-3-10(5-13-4-8)6-16-7-11(9(2)12)14-15-16/h3-5,7,9H,6H2,1-2H3. The van der Waals surface area contributed by atoms with Gasteiger partial charge >= 0.3 is 0 Å². The van der Waals surface area contributed by atoms with Crippen LogP contribution in [-0.2, 0) is 6.54 Å². The van der Waals surface area contributed by atoms with E-state index in [0.29, 0.717) is 6.54 Å². The molecule has 5 heteroatoms. The molecule has 0 aliphatic heterocycles. The summed E-state index contributed by atoms with van der Waals surface area (Å²) in [7, 11) is 0. The minimum atomic E-state index is -0.107. The molecule has 0 saturated heterocycles. The van der Waals surface area contributed by atoms with Crippen LogP contribution in [-0.4, -0.2) is 20.0 Å². The summed E-state index contributed by atoms with van der Waals surface area (Å²) in [5, 5.41) is 7.90. The lowest BCUT2D eigenvalue weighted by molar-refractivity contribution is 0.647. The zero-order valence-electron chi connectivity index (χ0n) is 9.26. The van der Waals surface area contributed by atoms with Crippen LogP contribution < -0.4 is 0 Å². The molecule has 0 aromatic carbocycles. The topological polar surface area (TPSA) is 43.6 Å². The fraction of sp³-hybridized carbons (Fsp3) is 0.364. The van der Waals surface area contributed by atoms with Crippen molar-refractivity contribution in [1.29, 1.82) is 0 Å². The Morgan fingerprint density at radius 1 is 1.44 bits per heavy atom. The van der Waals surface area contributed by atoms with E-state index in [9.17, 15) is 0 Å². The summed E-state index contributed by atoms with van der Waals surface area (Å²) in [6, 6.07) is 2.08. The lowest BCUT2D eigenvalue weighted by Gasteiger charge is -2.01. The summed E-state index contributed by atoms with van der Waals surface area (Å²) in [5.74, 6) is 0. The Kier molecular flexibility index (Phi) is 3.19. The number of pyridine rings is 1. The Bertz CT molecular complexity index is 478. The highest BCUT2D eigenvalue weighted by Crippen LogP contribution is 2.15. The molecule has 2 heterocycles. The molecule has 2 aromatic heterocycles. The lowest BCUT2D eigenvalue weighted by atomic mass is 10.2. The average Bonchev–Trinajstić information content (AvgIpc) is 2.66. The van der Waals surface area contributed by atoms with Gasteiger partial charge in [0.25, 0.3) is 0 Å². The second-order valence-electron chi connectivity index (χ2n) is 3.83. The number of nitrogens with zero attached hydrogens (tertiary/aromatic N) is 4. The number of hydrogen-bond acceptors (Lipinski definition) is 3. The normalized spacial score (nSPS) is 12.7. The van der Waals surface area contributed by atoms with E-state index in [2.05, 4.69) is 21.4 Å². The van der Waals surface area contributed by atoms with E-state index in [-0.39, 0.29) is 5.38 Å². The fourth-order valence-electron chi connectivity index (χ4n) is 1.46. The number of aryl methyl sites for hydroxylation is 1. The maximum atomic E-state index is 5.92. The predicted octanol–water partition coefficient (Wildman–Crippen LogP) is 2.33. The van der Waals surface area contributed by atoms with E-state index in [0.717, 1.165) is 16.8 Å². The van der Waals surface area contributed by atoms with Crippen LogP contribution >= 0.6 is 11.6 Å². The van der Waals surface area contributed by atoms with Gasteiger partial charge in [-0.15, -0.1) is 16.7 Å². The zero-order chi connectivity index (χ0) is 11.5. The Hall–Kier alpha value is -1.42. The minimum absolute atomic E-state index is 0.107. The molecule has 0 spiro atoms. The van der Waals surface area contributed by atoms with Crippen LogP contribution in [0.25, 0.3) is 0 Å². The summed E-state index contributed by atoms with van der Waals surface area (Å²) < 4.78 is 1.77. The molecule has 1 atom stereocenters. The molecule has 0 aliphatic carbocycles. The quantitative estimate of drug-likeness (QED) is 0.769. The van der Waals surface area contributed by atoms with E-state index >= 15 is 0 Å². The molecule has 4 nitrogen and oxygen atoms in total. The summed E-state index contributed by atoms with van der Waals surface area (Å²) in [5.41, 5.74) is 3.05. The van der Waals surface area contributed by atoms with Gasteiger partial charge in [-0.05, 0) is 25.0 Å². The summed E-state index contributed by atoms with van der Waals surface area (Å²) in [4.78, 5) is 4.13. The molecule has 2 aromatic rings. The highest BCUT2D eigenvalue weighted by atomic mass is 35.5. The first-order valence-electron chi connectivity index (χ1n) is 5.10. The summed E-state index contributed by atoms with van der Waals surface area (Å²) in [6.07, 6.45) is 5.52. The third-order valence-electron chi connectivity index (χ3n) is 2.24. The van der Waals surface area contributed by atoms with Gasteiger partial charge in [0.2, 0.25) is 0 Å².